The Hall–Kier alpha value is -3.72. The van der Waals surface area contributed by atoms with Gasteiger partial charge in [0.15, 0.2) is 11.3 Å². The minimum absolute atomic E-state index is 0.277. The van der Waals surface area contributed by atoms with Crippen molar-refractivity contribution in [1.29, 1.82) is 0 Å². The largest absolute Gasteiger partial charge is 0.462 e. The molecule has 0 atom stereocenters. The molecule has 0 aliphatic rings. The molecule has 0 spiro atoms. The molecule has 9 heteroatoms. The summed E-state index contributed by atoms with van der Waals surface area (Å²) in [5.74, 6) is 0.350. The minimum atomic E-state index is -0.447. The van der Waals surface area contributed by atoms with E-state index >= 15 is 0 Å². The molecular weight excluding hydrogens is 484 g/mol. The summed E-state index contributed by atoms with van der Waals surface area (Å²) in [6.45, 7) is 2.72. The lowest BCUT2D eigenvalue weighted by Crippen LogP contribution is -2.20. The van der Waals surface area contributed by atoms with Crippen LogP contribution in [0, 0.1) is 0 Å². The third kappa shape index (κ3) is 3.84. The van der Waals surface area contributed by atoms with E-state index in [4.69, 9.17) is 9.72 Å². The Morgan fingerprint density at radius 2 is 1.97 bits per heavy atom. The topological polar surface area (TPSA) is 77.0 Å². The van der Waals surface area contributed by atoms with Gasteiger partial charge in [-0.1, -0.05) is 30.3 Å². The molecule has 1 aromatic carbocycles. The van der Waals surface area contributed by atoms with Crippen molar-refractivity contribution in [2.75, 3.05) is 18.6 Å². The van der Waals surface area contributed by atoms with Crippen LogP contribution in [0.5, 0.6) is 0 Å². The maximum absolute atomic E-state index is 12.6. The number of benzene rings is 1. The van der Waals surface area contributed by atoms with Crippen molar-refractivity contribution in [2.24, 2.45) is 0 Å². The van der Waals surface area contributed by atoms with Crippen molar-refractivity contribution in [3.05, 3.63) is 82.7 Å². The highest BCUT2D eigenvalue weighted by atomic mass is 79.9. The van der Waals surface area contributed by atoms with Gasteiger partial charge in [0.2, 0.25) is 0 Å². The van der Waals surface area contributed by atoms with Crippen LogP contribution in [0.2, 0.25) is 0 Å². The highest BCUT2D eigenvalue weighted by Gasteiger charge is 2.21. The van der Waals surface area contributed by atoms with Gasteiger partial charge in [0.05, 0.1) is 28.7 Å². The van der Waals surface area contributed by atoms with Crippen LogP contribution in [0.3, 0.4) is 0 Å². The van der Waals surface area contributed by atoms with Gasteiger partial charge in [-0.05, 0) is 40.5 Å². The van der Waals surface area contributed by atoms with E-state index in [0.29, 0.717) is 23.4 Å². The molecule has 0 radical (unpaired) electrons. The fraction of sp³-hybridized carbons (Fsp3) is 0.167. The van der Waals surface area contributed by atoms with Crippen LogP contribution >= 0.6 is 15.9 Å². The van der Waals surface area contributed by atoms with Gasteiger partial charge in [0.1, 0.15) is 11.4 Å². The number of ether oxygens (including phenoxy) is 1. The second-order valence-corrected chi connectivity index (χ2v) is 8.40. The zero-order valence-corrected chi connectivity index (χ0v) is 19.7. The number of esters is 1. The highest BCUT2D eigenvalue weighted by molar-refractivity contribution is 9.10. The summed E-state index contributed by atoms with van der Waals surface area (Å²) in [5.41, 5.74) is 4.25. The molecule has 0 bridgehead atoms. The number of aromatic nitrogens is 5. The van der Waals surface area contributed by atoms with Gasteiger partial charge in [-0.25, -0.2) is 14.8 Å². The second-order valence-electron chi connectivity index (χ2n) is 7.54. The van der Waals surface area contributed by atoms with Crippen molar-refractivity contribution >= 4 is 39.0 Å². The van der Waals surface area contributed by atoms with Gasteiger partial charge < -0.3 is 9.64 Å². The highest BCUT2D eigenvalue weighted by Crippen LogP contribution is 2.29. The molecule has 0 aliphatic heterocycles. The van der Waals surface area contributed by atoms with Gasteiger partial charge in [0.25, 0.3) is 0 Å². The summed E-state index contributed by atoms with van der Waals surface area (Å²) in [6.07, 6.45) is 5.14. The van der Waals surface area contributed by atoms with Crippen LogP contribution in [0.25, 0.3) is 22.7 Å². The van der Waals surface area contributed by atoms with E-state index in [1.807, 2.05) is 54.0 Å². The van der Waals surface area contributed by atoms with E-state index in [1.54, 1.807) is 17.6 Å². The summed E-state index contributed by atoms with van der Waals surface area (Å²) in [6, 6.07) is 16.1. The van der Waals surface area contributed by atoms with E-state index in [9.17, 15) is 4.79 Å². The van der Waals surface area contributed by atoms with Gasteiger partial charge in [-0.3, -0.25) is 4.40 Å². The fourth-order valence-corrected chi connectivity index (χ4v) is 4.26. The molecule has 8 nitrogen and oxygen atoms in total. The van der Waals surface area contributed by atoms with Gasteiger partial charge >= 0.3 is 5.97 Å². The number of halogens is 1. The Labute approximate surface area is 198 Å². The quantitative estimate of drug-likeness (QED) is 0.314. The number of imidazole rings is 1. The summed E-state index contributed by atoms with van der Waals surface area (Å²) in [7, 11) is 1.99. The molecule has 5 rings (SSSR count). The average Bonchev–Trinajstić information content (AvgIpc) is 3.47. The Bertz CT molecular complexity index is 1460. The summed E-state index contributed by atoms with van der Waals surface area (Å²) >= 11 is 3.55. The Kier molecular flexibility index (Phi) is 5.55. The third-order valence-corrected chi connectivity index (χ3v) is 5.98. The lowest BCUT2D eigenvalue weighted by Gasteiger charge is -2.21. The first-order valence-electron chi connectivity index (χ1n) is 10.5. The van der Waals surface area contributed by atoms with E-state index in [2.05, 4.69) is 43.0 Å². The lowest BCUT2D eigenvalue weighted by atomic mass is 10.2. The predicted molar refractivity (Wildman–Crippen MR) is 129 cm³/mol. The molecule has 166 valence electrons. The van der Waals surface area contributed by atoms with Crippen LogP contribution in [0.15, 0.2) is 71.6 Å². The molecule has 0 aliphatic carbocycles. The van der Waals surface area contributed by atoms with Gasteiger partial charge in [0, 0.05) is 32.1 Å². The number of pyridine rings is 1. The van der Waals surface area contributed by atoms with E-state index in [0.717, 1.165) is 27.2 Å². The number of carbonyl (C=O) groups is 1. The van der Waals surface area contributed by atoms with Gasteiger partial charge in [-0.15, -0.1) is 0 Å². The van der Waals surface area contributed by atoms with E-state index < -0.39 is 5.97 Å². The number of hydrogen-bond acceptors (Lipinski definition) is 6. The first-order chi connectivity index (χ1) is 16.1. The molecule has 4 aromatic heterocycles. The normalized spacial score (nSPS) is 11.2. The molecule has 0 saturated heterocycles. The number of hydrogen-bond donors (Lipinski definition) is 0. The van der Waals surface area contributed by atoms with E-state index in [-0.39, 0.29) is 6.61 Å². The van der Waals surface area contributed by atoms with Crippen LogP contribution in [0.1, 0.15) is 22.8 Å². The Morgan fingerprint density at radius 3 is 2.76 bits per heavy atom. The van der Waals surface area contributed by atoms with Crippen molar-refractivity contribution in [1.82, 2.24) is 24.0 Å². The zero-order chi connectivity index (χ0) is 22.9. The van der Waals surface area contributed by atoms with Crippen LogP contribution in [-0.4, -0.2) is 43.6 Å². The van der Waals surface area contributed by atoms with Crippen molar-refractivity contribution in [2.45, 2.75) is 13.5 Å². The van der Waals surface area contributed by atoms with Crippen LogP contribution < -0.4 is 4.90 Å². The maximum Gasteiger partial charge on any atom is 0.343 e. The smallest absolute Gasteiger partial charge is 0.343 e. The standard InChI is InChI=1S/C24H21BrN6O2/c1-3-33-24(32)17-14-27-31-21(29(2)15-16-7-5-4-6-8-16)13-19(28-22(17)31)20-10-9-18(25)23-26-11-12-30(20)23/h4-14H,3,15H2,1-2H3. The van der Waals surface area contributed by atoms with Crippen LogP contribution in [-0.2, 0) is 11.3 Å². The predicted octanol–water partition coefficient (Wildman–Crippen LogP) is 4.62. The number of fused-ring (bicyclic) bond motifs is 2. The summed E-state index contributed by atoms with van der Waals surface area (Å²) < 4.78 is 9.77. The molecule has 33 heavy (non-hydrogen) atoms. The Balaban J connectivity index is 1.71. The zero-order valence-electron chi connectivity index (χ0n) is 18.1. The Morgan fingerprint density at radius 1 is 1.15 bits per heavy atom. The molecule has 0 fully saturated rings. The molecule has 0 unspecified atom stereocenters. The summed E-state index contributed by atoms with van der Waals surface area (Å²) in [4.78, 5) is 23.9. The van der Waals surface area contributed by atoms with Crippen LogP contribution in [0.4, 0.5) is 5.82 Å². The fourth-order valence-electron chi connectivity index (χ4n) is 3.83. The van der Waals surface area contributed by atoms with Crippen molar-refractivity contribution < 1.29 is 9.53 Å². The number of carbonyl (C=O) groups excluding carboxylic acids is 1. The number of nitrogens with zero attached hydrogens (tertiary/aromatic N) is 6. The maximum atomic E-state index is 12.6. The number of anilines is 1. The second kappa shape index (κ2) is 8.67. The average molecular weight is 505 g/mol. The molecule has 0 amide bonds. The molecule has 4 heterocycles. The first-order valence-corrected chi connectivity index (χ1v) is 11.3. The molecular formula is C24H21BrN6O2. The SMILES string of the molecule is CCOC(=O)c1cnn2c(N(C)Cc3ccccc3)cc(-c3ccc(Br)c4nccn34)nc12. The molecule has 0 saturated carbocycles. The third-order valence-electron chi connectivity index (χ3n) is 5.37. The summed E-state index contributed by atoms with van der Waals surface area (Å²) in [5, 5.41) is 4.47. The van der Waals surface area contributed by atoms with Crippen molar-refractivity contribution in [3.63, 3.8) is 0 Å². The van der Waals surface area contributed by atoms with Gasteiger partial charge in [-0.2, -0.15) is 9.61 Å². The first kappa shape index (κ1) is 21.1. The van der Waals surface area contributed by atoms with E-state index in [1.165, 1.54) is 6.20 Å². The van der Waals surface area contributed by atoms with Crippen molar-refractivity contribution in [3.8, 4) is 11.4 Å². The monoisotopic (exact) mass is 504 g/mol. The minimum Gasteiger partial charge on any atom is -0.462 e. The number of rotatable bonds is 6. The lowest BCUT2D eigenvalue weighted by molar-refractivity contribution is 0.0528. The molecule has 5 aromatic rings. The molecule has 0 N–H and O–H groups in total.